The summed E-state index contributed by atoms with van der Waals surface area (Å²) < 4.78 is 5.30. The molecule has 0 spiro atoms. The number of hydrogen-bond acceptors (Lipinski definition) is 5. The zero-order valence-corrected chi connectivity index (χ0v) is 15.8. The number of rotatable bonds is 3. The van der Waals surface area contributed by atoms with Crippen molar-refractivity contribution in [2.24, 2.45) is 5.92 Å². The number of carbonyl (C=O) groups excluding carboxylic acids is 1. The quantitative estimate of drug-likeness (QED) is 0.671. The summed E-state index contributed by atoms with van der Waals surface area (Å²) in [5, 5.41) is 13.0. The van der Waals surface area contributed by atoms with Gasteiger partial charge in [0, 0.05) is 36.6 Å². The molecule has 3 atom stereocenters. The number of methoxy groups -OCH3 is 1. The monoisotopic (exact) mass is 367 g/mol. The van der Waals surface area contributed by atoms with Crippen LogP contribution in [-0.2, 0) is 4.79 Å². The van der Waals surface area contributed by atoms with E-state index in [4.69, 9.17) is 4.74 Å². The highest BCUT2D eigenvalue weighted by Gasteiger charge is 2.40. The van der Waals surface area contributed by atoms with Gasteiger partial charge in [0.05, 0.1) is 13.2 Å². The van der Waals surface area contributed by atoms with Gasteiger partial charge in [0.25, 0.3) is 0 Å². The van der Waals surface area contributed by atoms with Crippen LogP contribution >= 0.6 is 0 Å². The third-order valence-electron chi connectivity index (χ3n) is 5.74. The number of phenols is 1. The highest BCUT2D eigenvalue weighted by atomic mass is 16.5. The van der Waals surface area contributed by atoms with Crippen LogP contribution in [0, 0.1) is 19.8 Å². The van der Waals surface area contributed by atoms with E-state index in [-0.39, 0.29) is 29.5 Å². The van der Waals surface area contributed by atoms with E-state index < -0.39 is 0 Å². The zero-order chi connectivity index (χ0) is 19.1. The predicted octanol–water partition coefficient (Wildman–Crippen LogP) is 2.91. The first-order valence-electron chi connectivity index (χ1n) is 9.24. The van der Waals surface area contributed by atoms with E-state index in [1.807, 2.05) is 6.07 Å². The standard InChI is InChI=1S/C21H25N3O3/c1-11-4-5-12(2)13(6-11)21-16(10-22-24-21)14-8-20(26)23-17-9-18(25)19(27-3)7-15(14)17/h4-7,9,14,16,21-22,24-25H,8,10H2,1-3H3,(H,23,26). The molecule has 2 aliphatic rings. The second-order valence-corrected chi connectivity index (χ2v) is 7.50. The van der Waals surface area contributed by atoms with Gasteiger partial charge in [0.1, 0.15) is 0 Å². The van der Waals surface area contributed by atoms with E-state index in [1.165, 1.54) is 23.8 Å². The summed E-state index contributed by atoms with van der Waals surface area (Å²) in [4.78, 5) is 12.4. The SMILES string of the molecule is COc1cc2c(cc1O)NC(=O)CC2C1CNNC1c1cc(C)ccc1C. The number of benzene rings is 2. The van der Waals surface area contributed by atoms with Crippen molar-refractivity contribution in [1.29, 1.82) is 0 Å². The molecule has 0 aromatic heterocycles. The first-order valence-corrected chi connectivity index (χ1v) is 9.24. The Hall–Kier alpha value is -2.57. The first-order chi connectivity index (χ1) is 13.0. The van der Waals surface area contributed by atoms with Crippen LogP contribution in [0.4, 0.5) is 5.69 Å². The van der Waals surface area contributed by atoms with Crippen molar-refractivity contribution in [2.75, 3.05) is 19.0 Å². The number of phenolic OH excluding ortho intramolecular Hbond substituents is 1. The summed E-state index contributed by atoms with van der Waals surface area (Å²) in [5.74, 6) is 0.659. The van der Waals surface area contributed by atoms with Gasteiger partial charge in [-0.2, -0.15) is 0 Å². The fraction of sp³-hybridized carbons (Fsp3) is 0.381. The minimum absolute atomic E-state index is 0.0238. The Balaban J connectivity index is 1.76. The number of ether oxygens (including phenoxy) is 1. The molecule has 1 saturated heterocycles. The van der Waals surface area contributed by atoms with Gasteiger partial charge in [-0.05, 0) is 36.6 Å². The molecule has 2 aromatic rings. The van der Waals surface area contributed by atoms with Crippen LogP contribution in [0.2, 0.25) is 0 Å². The van der Waals surface area contributed by atoms with Crippen molar-refractivity contribution in [3.05, 3.63) is 52.6 Å². The Morgan fingerprint density at radius 2 is 1.96 bits per heavy atom. The summed E-state index contributed by atoms with van der Waals surface area (Å²) in [6.07, 6.45) is 0.413. The lowest BCUT2D eigenvalue weighted by atomic mass is 9.75. The number of anilines is 1. The van der Waals surface area contributed by atoms with Gasteiger partial charge in [-0.25, -0.2) is 5.43 Å². The molecule has 1 amide bonds. The van der Waals surface area contributed by atoms with Crippen molar-refractivity contribution in [2.45, 2.75) is 32.2 Å². The molecule has 6 heteroatoms. The lowest BCUT2D eigenvalue weighted by Crippen LogP contribution is -2.31. The lowest BCUT2D eigenvalue weighted by molar-refractivity contribution is -0.117. The molecule has 0 aliphatic carbocycles. The molecule has 2 aliphatic heterocycles. The molecule has 4 N–H and O–H groups in total. The first kappa shape index (κ1) is 17.8. The van der Waals surface area contributed by atoms with E-state index in [0.29, 0.717) is 17.9 Å². The molecule has 142 valence electrons. The average molecular weight is 367 g/mol. The largest absolute Gasteiger partial charge is 0.504 e. The molecule has 0 radical (unpaired) electrons. The van der Waals surface area contributed by atoms with Gasteiger partial charge in [-0.15, -0.1) is 0 Å². The smallest absolute Gasteiger partial charge is 0.225 e. The minimum Gasteiger partial charge on any atom is -0.504 e. The minimum atomic E-state index is -0.0244. The second-order valence-electron chi connectivity index (χ2n) is 7.50. The van der Waals surface area contributed by atoms with E-state index in [0.717, 1.165) is 12.1 Å². The molecule has 6 nitrogen and oxygen atoms in total. The van der Waals surface area contributed by atoms with Crippen molar-refractivity contribution >= 4 is 11.6 Å². The van der Waals surface area contributed by atoms with Gasteiger partial charge >= 0.3 is 0 Å². The average Bonchev–Trinajstić information content (AvgIpc) is 3.11. The molecular formula is C21H25N3O3. The molecule has 1 fully saturated rings. The van der Waals surface area contributed by atoms with Crippen LogP contribution in [-0.4, -0.2) is 24.7 Å². The third kappa shape index (κ3) is 3.15. The van der Waals surface area contributed by atoms with Gasteiger partial charge < -0.3 is 15.2 Å². The van der Waals surface area contributed by atoms with Crippen LogP contribution in [0.1, 0.15) is 40.6 Å². The Labute approximate surface area is 158 Å². The Morgan fingerprint density at radius 1 is 1.15 bits per heavy atom. The van der Waals surface area contributed by atoms with Crippen LogP contribution in [0.3, 0.4) is 0 Å². The van der Waals surface area contributed by atoms with E-state index in [9.17, 15) is 9.90 Å². The Kier molecular flexibility index (Phi) is 4.53. The van der Waals surface area contributed by atoms with Crippen molar-refractivity contribution in [3.63, 3.8) is 0 Å². The number of fused-ring (bicyclic) bond motifs is 1. The number of nitrogens with one attached hydrogen (secondary N) is 3. The van der Waals surface area contributed by atoms with E-state index in [1.54, 1.807) is 6.07 Å². The number of aromatic hydroxyl groups is 1. The zero-order valence-electron chi connectivity index (χ0n) is 15.8. The maximum Gasteiger partial charge on any atom is 0.225 e. The number of aryl methyl sites for hydroxylation is 2. The third-order valence-corrected chi connectivity index (χ3v) is 5.74. The van der Waals surface area contributed by atoms with Crippen molar-refractivity contribution < 1.29 is 14.6 Å². The topological polar surface area (TPSA) is 82.6 Å². The molecule has 27 heavy (non-hydrogen) atoms. The number of hydrazine groups is 1. The van der Waals surface area contributed by atoms with Crippen LogP contribution in [0.25, 0.3) is 0 Å². The summed E-state index contributed by atoms with van der Waals surface area (Å²) in [5.41, 5.74) is 12.1. The molecule has 3 unspecified atom stereocenters. The maximum absolute atomic E-state index is 12.4. The predicted molar refractivity (Wildman–Crippen MR) is 104 cm³/mol. The van der Waals surface area contributed by atoms with Crippen LogP contribution < -0.4 is 20.9 Å². The summed E-state index contributed by atoms with van der Waals surface area (Å²) in [7, 11) is 1.54. The Bertz CT molecular complexity index is 896. The molecule has 2 aromatic carbocycles. The number of amides is 1. The molecule has 0 saturated carbocycles. The fourth-order valence-corrected chi connectivity index (χ4v) is 4.35. The van der Waals surface area contributed by atoms with E-state index >= 15 is 0 Å². The molecule has 2 heterocycles. The molecule has 0 bridgehead atoms. The number of hydrogen-bond donors (Lipinski definition) is 4. The second kappa shape index (κ2) is 6.87. The summed E-state index contributed by atoms with van der Waals surface area (Å²) >= 11 is 0. The van der Waals surface area contributed by atoms with Gasteiger partial charge in [-0.1, -0.05) is 23.8 Å². The van der Waals surface area contributed by atoms with Crippen molar-refractivity contribution in [3.8, 4) is 11.5 Å². The van der Waals surface area contributed by atoms with Gasteiger partial charge in [0.2, 0.25) is 5.91 Å². The van der Waals surface area contributed by atoms with Crippen LogP contribution in [0.15, 0.2) is 30.3 Å². The Morgan fingerprint density at radius 3 is 2.74 bits per heavy atom. The lowest BCUT2D eigenvalue weighted by Gasteiger charge is -2.33. The number of carbonyl (C=O) groups is 1. The maximum atomic E-state index is 12.4. The van der Waals surface area contributed by atoms with Crippen LogP contribution in [0.5, 0.6) is 11.5 Å². The summed E-state index contributed by atoms with van der Waals surface area (Å²) in [6.45, 7) is 4.98. The molecular weight excluding hydrogens is 342 g/mol. The van der Waals surface area contributed by atoms with Gasteiger partial charge in [0.15, 0.2) is 11.5 Å². The highest BCUT2D eigenvalue weighted by Crippen LogP contribution is 2.47. The van der Waals surface area contributed by atoms with E-state index in [2.05, 4.69) is 48.2 Å². The fourth-order valence-electron chi connectivity index (χ4n) is 4.35. The van der Waals surface area contributed by atoms with Gasteiger partial charge in [-0.3, -0.25) is 10.2 Å². The van der Waals surface area contributed by atoms with Crippen molar-refractivity contribution in [1.82, 2.24) is 10.9 Å². The highest BCUT2D eigenvalue weighted by molar-refractivity contribution is 5.95. The normalized spacial score (nSPS) is 24.4. The summed E-state index contributed by atoms with van der Waals surface area (Å²) in [6, 6.07) is 10.0. The molecule has 4 rings (SSSR count).